The lowest BCUT2D eigenvalue weighted by atomic mass is 9.89. The Bertz CT molecular complexity index is 1050. The fourth-order valence-electron chi connectivity index (χ4n) is 4.67. The zero-order valence-electron chi connectivity index (χ0n) is 16.7. The number of fused-ring (bicyclic) bond motifs is 2. The minimum absolute atomic E-state index is 0.189. The van der Waals surface area contributed by atoms with E-state index in [1.807, 2.05) is 41.0 Å². The van der Waals surface area contributed by atoms with Crippen LogP contribution >= 0.6 is 0 Å². The molecule has 7 heteroatoms. The van der Waals surface area contributed by atoms with Crippen LogP contribution in [-0.4, -0.2) is 38.7 Å². The van der Waals surface area contributed by atoms with Gasteiger partial charge < -0.3 is 9.88 Å². The summed E-state index contributed by atoms with van der Waals surface area (Å²) in [5.41, 5.74) is 2.04. The molecule has 154 valence electrons. The van der Waals surface area contributed by atoms with Gasteiger partial charge in [0.25, 0.3) is 5.91 Å². The molecule has 6 nitrogen and oxygen atoms in total. The number of carbonyl (C=O) groups excluding carboxylic acids is 1. The topological polar surface area (TPSA) is 63.1 Å². The number of rotatable bonds is 5. The van der Waals surface area contributed by atoms with Gasteiger partial charge >= 0.3 is 0 Å². The third kappa shape index (κ3) is 3.85. The third-order valence-corrected chi connectivity index (χ3v) is 6.14. The van der Waals surface area contributed by atoms with Gasteiger partial charge in [-0.05, 0) is 35.1 Å². The maximum absolute atomic E-state index is 13.5. The number of nitrogens with one attached hydrogen (secondary N) is 1. The second-order valence-electron chi connectivity index (χ2n) is 8.27. The summed E-state index contributed by atoms with van der Waals surface area (Å²) in [5.74, 6) is 1.84. The molecule has 0 spiro atoms. The Morgan fingerprint density at radius 3 is 2.63 bits per heavy atom. The zero-order valence-corrected chi connectivity index (χ0v) is 16.7. The molecule has 2 atom stereocenters. The fraction of sp³-hybridized carbons (Fsp3) is 0.348. The molecular formula is C23H24FN5O. The molecule has 1 aromatic heterocycles. The fourth-order valence-corrected chi connectivity index (χ4v) is 4.67. The normalized spacial score (nSPS) is 20.6. The first-order valence-electron chi connectivity index (χ1n) is 10.4. The van der Waals surface area contributed by atoms with Crippen molar-refractivity contribution in [2.75, 3.05) is 13.1 Å². The Morgan fingerprint density at radius 2 is 1.80 bits per heavy atom. The summed E-state index contributed by atoms with van der Waals surface area (Å²) in [4.78, 5) is 15.1. The van der Waals surface area contributed by atoms with Crippen LogP contribution in [0.2, 0.25) is 0 Å². The lowest BCUT2D eigenvalue weighted by molar-refractivity contribution is 0.0932. The first-order chi connectivity index (χ1) is 14.7. The molecule has 2 aliphatic heterocycles. The first-order valence-corrected chi connectivity index (χ1v) is 10.4. The molecule has 2 aromatic carbocycles. The Balaban J connectivity index is 1.24. The number of aromatic nitrogens is 3. The summed E-state index contributed by atoms with van der Waals surface area (Å²) in [6.45, 7) is 3.86. The highest BCUT2D eigenvalue weighted by molar-refractivity contribution is 5.90. The molecule has 0 bridgehead atoms. The van der Waals surface area contributed by atoms with Gasteiger partial charge in [0.1, 0.15) is 11.6 Å². The average Bonchev–Trinajstić information content (AvgIpc) is 3.33. The van der Waals surface area contributed by atoms with Crippen LogP contribution in [0.25, 0.3) is 0 Å². The molecule has 1 amide bonds. The van der Waals surface area contributed by atoms with Crippen molar-refractivity contribution in [3.05, 3.63) is 83.2 Å². The Morgan fingerprint density at radius 1 is 1.00 bits per heavy atom. The van der Waals surface area contributed by atoms with Crippen LogP contribution in [0.1, 0.15) is 27.6 Å². The molecule has 0 unspecified atom stereocenters. The van der Waals surface area contributed by atoms with Crippen molar-refractivity contribution < 1.29 is 9.18 Å². The summed E-state index contributed by atoms with van der Waals surface area (Å²) in [6, 6.07) is 16.6. The number of benzene rings is 2. The smallest absolute Gasteiger partial charge is 0.289 e. The van der Waals surface area contributed by atoms with Crippen molar-refractivity contribution in [1.29, 1.82) is 0 Å². The summed E-state index contributed by atoms with van der Waals surface area (Å²) in [7, 11) is 0. The Labute approximate surface area is 174 Å². The number of halogens is 1. The number of hydrogen-bond acceptors (Lipinski definition) is 4. The second kappa shape index (κ2) is 7.99. The first kappa shape index (κ1) is 18.9. The molecule has 0 saturated carbocycles. The molecule has 3 aromatic rings. The van der Waals surface area contributed by atoms with Gasteiger partial charge in [-0.3, -0.25) is 9.69 Å². The van der Waals surface area contributed by atoms with Crippen LogP contribution in [0.3, 0.4) is 0 Å². The number of nitrogens with zero attached hydrogens (tertiary/aromatic N) is 4. The van der Waals surface area contributed by atoms with Crippen LogP contribution < -0.4 is 5.32 Å². The van der Waals surface area contributed by atoms with Gasteiger partial charge in [0.05, 0.1) is 0 Å². The largest absolute Gasteiger partial charge is 0.345 e. The van der Waals surface area contributed by atoms with Crippen LogP contribution in [0.5, 0.6) is 0 Å². The molecule has 1 N–H and O–H groups in total. The SMILES string of the molecule is O=C(NCc1ccccc1)c1nnc2n1C[C@H]1CN(Cc3cccc(F)c3)C[C@H]1C2. The van der Waals surface area contributed by atoms with Crippen molar-refractivity contribution in [3.63, 3.8) is 0 Å². The van der Waals surface area contributed by atoms with Crippen LogP contribution in [0.15, 0.2) is 54.6 Å². The molecule has 5 rings (SSSR count). The number of carbonyl (C=O) groups is 1. The highest BCUT2D eigenvalue weighted by Crippen LogP contribution is 2.33. The number of likely N-dealkylation sites (tertiary alicyclic amines) is 1. The minimum atomic E-state index is -0.193. The maximum atomic E-state index is 13.5. The molecule has 0 aliphatic carbocycles. The molecule has 3 heterocycles. The number of amides is 1. The van der Waals surface area contributed by atoms with Crippen LogP contribution in [0, 0.1) is 17.7 Å². The molecular weight excluding hydrogens is 381 g/mol. The van der Waals surface area contributed by atoms with Crippen molar-refractivity contribution in [2.24, 2.45) is 11.8 Å². The van der Waals surface area contributed by atoms with Crippen LogP contribution in [-0.2, 0) is 26.1 Å². The van der Waals surface area contributed by atoms with Gasteiger partial charge in [0, 0.05) is 39.1 Å². The molecule has 0 radical (unpaired) electrons. The predicted octanol–water partition coefficient (Wildman–Crippen LogP) is 2.65. The van der Waals surface area contributed by atoms with E-state index in [1.165, 1.54) is 6.07 Å². The van der Waals surface area contributed by atoms with Gasteiger partial charge in [0.2, 0.25) is 5.82 Å². The monoisotopic (exact) mass is 405 g/mol. The van der Waals surface area contributed by atoms with Crippen molar-refractivity contribution in [1.82, 2.24) is 25.0 Å². The van der Waals surface area contributed by atoms with Gasteiger partial charge in [-0.1, -0.05) is 42.5 Å². The van der Waals surface area contributed by atoms with E-state index in [-0.39, 0.29) is 11.7 Å². The lowest BCUT2D eigenvalue weighted by Crippen LogP contribution is -2.32. The summed E-state index contributed by atoms with van der Waals surface area (Å²) in [6.07, 6.45) is 0.823. The summed E-state index contributed by atoms with van der Waals surface area (Å²) < 4.78 is 15.5. The van der Waals surface area contributed by atoms with E-state index in [0.29, 0.717) is 24.2 Å². The minimum Gasteiger partial charge on any atom is -0.345 e. The van der Waals surface area contributed by atoms with E-state index in [9.17, 15) is 9.18 Å². The predicted molar refractivity (Wildman–Crippen MR) is 110 cm³/mol. The van der Waals surface area contributed by atoms with Crippen molar-refractivity contribution >= 4 is 5.91 Å². The quantitative estimate of drug-likeness (QED) is 0.709. The third-order valence-electron chi connectivity index (χ3n) is 6.14. The Hall–Kier alpha value is -3.06. The molecule has 2 aliphatic rings. The number of hydrogen-bond donors (Lipinski definition) is 1. The standard InChI is InChI=1S/C23H24FN5O/c24-20-8-4-7-17(9-20)12-28-13-18-10-21-26-27-22(29(21)15-19(18)14-28)23(30)25-11-16-5-2-1-3-6-16/h1-9,18-19H,10-15H2,(H,25,30)/t18-,19-/m1/s1. The van der Waals surface area contributed by atoms with Gasteiger partial charge in [-0.2, -0.15) is 0 Å². The van der Waals surface area contributed by atoms with E-state index in [1.54, 1.807) is 12.1 Å². The lowest BCUT2D eigenvalue weighted by Gasteiger charge is -2.25. The zero-order chi connectivity index (χ0) is 20.5. The van der Waals surface area contributed by atoms with Crippen molar-refractivity contribution in [2.45, 2.75) is 26.1 Å². The summed E-state index contributed by atoms with van der Waals surface area (Å²) >= 11 is 0. The highest BCUT2D eigenvalue weighted by Gasteiger charge is 2.39. The van der Waals surface area contributed by atoms with E-state index in [0.717, 1.165) is 49.6 Å². The Kier molecular flexibility index (Phi) is 5.04. The summed E-state index contributed by atoms with van der Waals surface area (Å²) in [5, 5.41) is 11.4. The second-order valence-corrected chi connectivity index (χ2v) is 8.27. The highest BCUT2D eigenvalue weighted by atomic mass is 19.1. The van der Waals surface area contributed by atoms with Gasteiger partial charge in [-0.15, -0.1) is 10.2 Å². The molecule has 1 fully saturated rings. The van der Waals surface area contributed by atoms with E-state index >= 15 is 0 Å². The molecule has 30 heavy (non-hydrogen) atoms. The van der Waals surface area contributed by atoms with Gasteiger partial charge in [0.15, 0.2) is 0 Å². The average molecular weight is 405 g/mol. The van der Waals surface area contributed by atoms with Crippen LogP contribution in [0.4, 0.5) is 4.39 Å². The van der Waals surface area contributed by atoms with E-state index in [2.05, 4.69) is 20.4 Å². The maximum Gasteiger partial charge on any atom is 0.289 e. The molecule has 1 saturated heterocycles. The van der Waals surface area contributed by atoms with Gasteiger partial charge in [-0.25, -0.2) is 4.39 Å². The van der Waals surface area contributed by atoms with E-state index < -0.39 is 0 Å². The van der Waals surface area contributed by atoms with E-state index in [4.69, 9.17) is 0 Å². The van der Waals surface area contributed by atoms with Crippen molar-refractivity contribution in [3.8, 4) is 0 Å².